The lowest BCUT2D eigenvalue weighted by molar-refractivity contribution is -0.146. The second-order valence-corrected chi connectivity index (χ2v) is 29.2. The number of nitrogens with one attached hydrogen (secondary N) is 1. The first-order valence-corrected chi connectivity index (χ1v) is 27.3. The highest BCUT2D eigenvalue weighted by atomic mass is 31.2. The molecule has 2 aromatic heterocycles. The van der Waals surface area contributed by atoms with Crippen molar-refractivity contribution >= 4 is 47.9 Å². The van der Waals surface area contributed by atoms with Crippen molar-refractivity contribution in [1.82, 2.24) is 19.7 Å². The topological polar surface area (TPSA) is 170 Å². The lowest BCUT2D eigenvalue weighted by Gasteiger charge is -2.45. The molecule has 3 heterocycles. The maximum absolute atomic E-state index is 14.9. The Morgan fingerprint density at radius 3 is 2.23 bits per heavy atom. The highest BCUT2D eigenvalue weighted by Gasteiger charge is 2.62. The lowest BCUT2D eigenvalue weighted by Crippen LogP contribution is -2.57. The van der Waals surface area contributed by atoms with Crippen LogP contribution in [0.15, 0.2) is 53.8 Å². The van der Waals surface area contributed by atoms with Crippen molar-refractivity contribution in [3.8, 4) is 5.75 Å². The number of carbonyl (C=O) groups excluding carboxylic acids is 1. The van der Waals surface area contributed by atoms with Gasteiger partial charge in [0.1, 0.15) is 41.9 Å². The molecule has 0 bridgehead atoms. The number of carbonyl (C=O) groups is 1. The van der Waals surface area contributed by atoms with Gasteiger partial charge in [-0.3, -0.25) is 14.3 Å². The number of fused-ring (bicyclic) bond motifs is 1. The molecule has 4 rings (SSSR count). The Morgan fingerprint density at radius 1 is 1.04 bits per heavy atom. The van der Waals surface area contributed by atoms with Crippen molar-refractivity contribution in [3.63, 3.8) is 0 Å². The fraction of sp³-hybridized carbons (Fsp3) is 0.650. The van der Waals surface area contributed by atoms with Crippen LogP contribution in [-0.2, 0) is 37.8 Å². The van der Waals surface area contributed by atoms with Crippen molar-refractivity contribution in [2.24, 2.45) is 10.9 Å². The molecule has 1 aliphatic heterocycles. The fourth-order valence-electron chi connectivity index (χ4n) is 6.09. The minimum atomic E-state index is -4.31. The molecule has 0 spiro atoms. The molecule has 1 fully saturated rings. The van der Waals surface area contributed by atoms with E-state index in [-0.39, 0.29) is 35.0 Å². The van der Waals surface area contributed by atoms with E-state index in [1.54, 1.807) is 49.0 Å². The maximum Gasteiger partial charge on any atom is 0.459 e. The number of anilines is 1. The summed E-state index contributed by atoms with van der Waals surface area (Å²) in [7, 11) is -7.81. The van der Waals surface area contributed by atoms with Crippen LogP contribution in [-0.4, -0.2) is 88.0 Å². The van der Waals surface area contributed by atoms with Gasteiger partial charge in [-0.2, -0.15) is 10.2 Å². The van der Waals surface area contributed by atoms with Crippen LogP contribution in [0.25, 0.3) is 5.52 Å². The smallest absolute Gasteiger partial charge is 0.459 e. The zero-order chi connectivity index (χ0) is 42.6. The minimum absolute atomic E-state index is 0.200. The molecule has 318 valence electrons. The highest BCUT2D eigenvalue weighted by molar-refractivity contribution is 7.52. The number of aromatic nitrogens is 3. The second kappa shape index (κ2) is 18.1. The van der Waals surface area contributed by atoms with Gasteiger partial charge in [0.05, 0.1) is 18.9 Å². The van der Waals surface area contributed by atoms with Crippen LogP contribution in [0, 0.1) is 5.92 Å². The summed E-state index contributed by atoms with van der Waals surface area (Å²) < 4.78 is 56.6. The number of nitrogens with zero attached hydrogens (tertiary/aromatic N) is 4. The van der Waals surface area contributed by atoms with Gasteiger partial charge in [0.15, 0.2) is 28.1 Å². The number of nitrogen functional groups attached to an aromatic ring is 1. The Labute approximate surface area is 341 Å². The van der Waals surface area contributed by atoms with E-state index >= 15 is 0 Å². The third-order valence-electron chi connectivity index (χ3n) is 11.8. The molecule has 57 heavy (non-hydrogen) atoms. The molecule has 1 aliphatic rings. The zero-order valence-corrected chi connectivity index (χ0v) is 39.4. The molecule has 3 N–H and O–H groups in total. The van der Waals surface area contributed by atoms with Crippen molar-refractivity contribution in [1.29, 1.82) is 0 Å². The first kappa shape index (κ1) is 46.7. The Hall–Kier alpha value is -2.96. The van der Waals surface area contributed by atoms with E-state index in [4.69, 9.17) is 33.1 Å². The molecular formula is C40H67N6O8PSi2. The number of ether oxygens (including phenoxy) is 2. The molecule has 0 aliphatic carbocycles. The molecule has 17 heteroatoms. The number of para-hydroxylation sites is 1. The number of benzene rings is 1. The Morgan fingerprint density at radius 2 is 1.65 bits per heavy atom. The normalized spacial score (nSPS) is 22.6. The third kappa shape index (κ3) is 10.6. The summed E-state index contributed by atoms with van der Waals surface area (Å²) in [6.45, 7) is 27.4. The largest absolute Gasteiger partial charge is 0.464 e. The van der Waals surface area contributed by atoms with E-state index in [1.807, 2.05) is 18.2 Å². The van der Waals surface area contributed by atoms with E-state index < -0.39 is 60.3 Å². The van der Waals surface area contributed by atoms with E-state index in [2.05, 4.69) is 102 Å². The average molecular weight is 847 g/mol. The van der Waals surface area contributed by atoms with Crippen LogP contribution < -0.4 is 15.3 Å². The number of aliphatic imine (C=N–C) groups is 1. The molecule has 3 aromatic rings. The number of esters is 1. The van der Waals surface area contributed by atoms with Crippen molar-refractivity contribution < 1.29 is 36.7 Å². The quantitative estimate of drug-likeness (QED) is 0.0542. The predicted octanol–water partition coefficient (Wildman–Crippen LogP) is 8.55. The summed E-state index contributed by atoms with van der Waals surface area (Å²) in [5.74, 6) is 0.235. The summed E-state index contributed by atoms with van der Waals surface area (Å²) in [6, 6.07) is 11.4. The monoisotopic (exact) mass is 846 g/mol. The summed E-state index contributed by atoms with van der Waals surface area (Å²) in [5, 5.41) is 7.04. The van der Waals surface area contributed by atoms with Crippen LogP contribution >= 0.6 is 7.75 Å². The van der Waals surface area contributed by atoms with Gasteiger partial charge in [-0.05, 0) is 73.4 Å². The summed E-state index contributed by atoms with van der Waals surface area (Å²) in [4.78, 5) is 22.0. The Bertz CT molecular complexity index is 1880. The molecule has 0 amide bonds. The van der Waals surface area contributed by atoms with E-state index in [0.717, 1.165) is 12.8 Å². The van der Waals surface area contributed by atoms with Crippen LogP contribution in [0.1, 0.15) is 80.8 Å². The minimum Gasteiger partial charge on any atom is -0.464 e. The number of rotatable bonds is 18. The predicted molar refractivity (Wildman–Crippen MR) is 231 cm³/mol. The average Bonchev–Trinajstić information content (AvgIpc) is 3.68. The van der Waals surface area contributed by atoms with Crippen LogP contribution in [0.2, 0.25) is 36.3 Å². The van der Waals surface area contributed by atoms with Crippen molar-refractivity contribution in [2.45, 2.75) is 141 Å². The van der Waals surface area contributed by atoms with Gasteiger partial charge < -0.3 is 28.6 Å². The van der Waals surface area contributed by atoms with Crippen molar-refractivity contribution in [3.05, 3.63) is 54.5 Å². The molecule has 14 nitrogen and oxygen atoms in total. The molecule has 1 saturated heterocycles. The zero-order valence-electron chi connectivity index (χ0n) is 36.5. The first-order chi connectivity index (χ1) is 26.4. The number of nitrogens with two attached hydrogens (primary N) is 1. The SMILES string of the molecule is CCC(CC)COC(=O)[C@H](C)NP(=O)(OC[C@H]1O[C@@](C=NC)(c2ccc3c(N)ncnn23)C(O[Si](C)(C)C(C)(C)C)C1O[Si](C)(C)C(C)(C)C)Oc1ccccc1. The van der Waals surface area contributed by atoms with Gasteiger partial charge in [0, 0.05) is 13.3 Å². The Kier molecular flexibility index (Phi) is 14.9. The first-order valence-electron chi connectivity index (χ1n) is 19.9. The van der Waals surface area contributed by atoms with Gasteiger partial charge >= 0.3 is 13.7 Å². The third-order valence-corrected chi connectivity index (χ3v) is 22.4. The molecular weight excluding hydrogens is 780 g/mol. The van der Waals surface area contributed by atoms with Gasteiger partial charge in [-0.1, -0.05) is 86.4 Å². The molecule has 3 unspecified atom stereocenters. The highest BCUT2D eigenvalue weighted by Crippen LogP contribution is 2.51. The second-order valence-electron chi connectivity index (χ2n) is 18.0. The fourth-order valence-corrected chi connectivity index (χ4v) is 10.2. The van der Waals surface area contributed by atoms with Gasteiger partial charge in [0.25, 0.3) is 0 Å². The number of hydrogen-bond acceptors (Lipinski definition) is 12. The van der Waals surface area contributed by atoms with E-state index in [9.17, 15) is 9.36 Å². The molecule has 6 atom stereocenters. The van der Waals surface area contributed by atoms with Gasteiger partial charge in [-0.15, -0.1) is 0 Å². The van der Waals surface area contributed by atoms with E-state index in [1.165, 1.54) is 6.33 Å². The van der Waals surface area contributed by atoms with Crippen LogP contribution in [0.4, 0.5) is 5.82 Å². The van der Waals surface area contributed by atoms with E-state index in [0.29, 0.717) is 17.0 Å². The molecule has 1 aromatic carbocycles. The lowest BCUT2D eigenvalue weighted by atomic mass is 9.92. The van der Waals surface area contributed by atoms with Crippen LogP contribution in [0.3, 0.4) is 0 Å². The summed E-state index contributed by atoms with van der Waals surface area (Å²) in [6.07, 6.45) is 2.44. The van der Waals surface area contributed by atoms with Crippen LogP contribution in [0.5, 0.6) is 5.75 Å². The summed E-state index contributed by atoms with van der Waals surface area (Å²) >= 11 is 0. The molecule has 0 saturated carbocycles. The maximum atomic E-state index is 14.9. The van der Waals surface area contributed by atoms with Gasteiger partial charge in [-0.25, -0.2) is 14.1 Å². The Balaban J connectivity index is 1.86. The van der Waals surface area contributed by atoms with Gasteiger partial charge in [0.2, 0.25) is 0 Å². The molecule has 0 radical (unpaired) electrons. The summed E-state index contributed by atoms with van der Waals surface area (Å²) in [5.41, 5.74) is 6.14. The number of hydrogen-bond donors (Lipinski definition) is 2. The standard InChI is InChI=1S/C40H67N6O8PSi2/c1-15-29(16-2)24-49-37(47)28(3)45-55(48,52-30-20-18-17-19-21-30)50-25-32-34(53-56(11,12)38(4,5)6)35(54-57(13,14)39(7,8)9)40(51-32,26-42-10)33-23-22-31-36(41)43-27-44-46(31)33/h17-23,26-29,32,34-35H,15-16,24-25H2,1-14H3,(H,45,48)(H2,41,43,44)/t28-,32+,34?,35?,40-,55?/m0/s1. The van der Waals surface area contributed by atoms with Crippen molar-refractivity contribution in [2.75, 3.05) is 26.0 Å².